The van der Waals surface area contributed by atoms with Gasteiger partial charge in [0.2, 0.25) is 0 Å². The molecule has 0 aliphatic heterocycles. The van der Waals surface area contributed by atoms with E-state index >= 15 is 0 Å². The molecule has 0 aliphatic carbocycles. The summed E-state index contributed by atoms with van der Waals surface area (Å²) in [4.78, 5) is 23.3. The second-order valence-corrected chi connectivity index (χ2v) is 3.66. The number of carboxylic acids is 1. The number of carbonyl (C=O) groups excluding carboxylic acids is 1. The van der Waals surface area contributed by atoms with Crippen molar-refractivity contribution in [2.75, 3.05) is 20.1 Å². The average Bonchev–Trinajstić information content (AvgIpc) is 2.14. The van der Waals surface area contributed by atoms with Crippen LogP contribution in [0.4, 0.5) is 4.79 Å². The summed E-state index contributed by atoms with van der Waals surface area (Å²) in [5.74, 6) is -1.36. The minimum atomic E-state index is -1.93. The highest BCUT2D eigenvalue weighted by atomic mass is 16.4. The van der Waals surface area contributed by atoms with Crippen molar-refractivity contribution in [2.45, 2.75) is 25.9 Å². The van der Waals surface area contributed by atoms with Crippen molar-refractivity contribution in [3.05, 3.63) is 0 Å². The van der Waals surface area contributed by atoms with E-state index in [0.29, 0.717) is 6.54 Å². The van der Waals surface area contributed by atoms with Gasteiger partial charge in [-0.05, 0) is 13.3 Å². The molecule has 0 aliphatic rings. The summed E-state index contributed by atoms with van der Waals surface area (Å²) in [6, 6.07) is -0.390. The number of amides is 2. The topological polar surface area (TPSA) is 89.9 Å². The molecule has 0 bridgehead atoms. The molecule has 0 aromatic heterocycles. The summed E-state index contributed by atoms with van der Waals surface area (Å²) in [6.45, 7) is 3.34. The van der Waals surface area contributed by atoms with E-state index in [9.17, 15) is 14.7 Å². The van der Waals surface area contributed by atoms with Gasteiger partial charge in [-0.1, -0.05) is 6.92 Å². The van der Waals surface area contributed by atoms with Gasteiger partial charge >= 0.3 is 12.0 Å². The van der Waals surface area contributed by atoms with Crippen molar-refractivity contribution < 1.29 is 19.8 Å². The second kappa shape index (κ2) is 5.55. The van der Waals surface area contributed by atoms with Gasteiger partial charge in [-0.2, -0.15) is 0 Å². The minimum Gasteiger partial charge on any atom is -0.479 e. The van der Waals surface area contributed by atoms with Crippen molar-refractivity contribution in [1.82, 2.24) is 10.2 Å². The van der Waals surface area contributed by atoms with Crippen LogP contribution in [0.1, 0.15) is 20.3 Å². The molecule has 0 heterocycles. The third-order valence-corrected chi connectivity index (χ3v) is 1.95. The van der Waals surface area contributed by atoms with Crippen LogP contribution in [-0.2, 0) is 4.79 Å². The first kappa shape index (κ1) is 13.7. The van der Waals surface area contributed by atoms with Gasteiger partial charge in [0.1, 0.15) is 0 Å². The number of hydrogen-bond donors (Lipinski definition) is 3. The number of nitrogens with one attached hydrogen (secondary N) is 1. The van der Waals surface area contributed by atoms with Crippen LogP contribution in [0.2, 0.25) is 0 Å². The van der Waals surface area contributed by atoms with Crippen LogP contribution in [0.15, 0.2) is 0 Å². The van der Waals surface area contributed by atoms with E-state index in [-0.39, 0.29) is 6.54 Å². The molecule has 6 nitrogen and oxygen atoms in total. The molecule has 0 saturated heterocycles. The van der Waals surface area contributed by atoms with E-state index in [0.717, 1.165) is 13.3 Å². The molecular formula is C9H18N2O4. The third kappa shape index (κ3) is 4.64. The van der Waals surface area contributed by atoms with E-state index in [1.165, 1.54) is 4.90 Å². The zero-order valence-electron chi connectivity index (χ0n) is 9.28. The summed E-state index contributed by atoms with van der Waals surface area (Å²) in [6.07, 6.45) is 0.819. The number of carbonyl (C=O) groups is 2. The molecule has 0 aromatic rings. The monoisotopic (exact) mass is 218 g/mol. The third-order valence-electron chi connectivity index (χ3n) is 1.95. The van der Waals surface area contributed by atoms with Crippen molar-refractivity contribution in [3.8, 4) is 0 Å². The smallest absolute Gasteiger partial charge is 0.337 e. The normalized spacial score (nSPS) is 14.1. The Labute approximate surface area is 88.9 Å². The van der Waals surface area contributed by atoms with E-state index in [1.54, 1.807) is 7.05 Å². The Morgan fingerprint density at radius 3 is 2.40 bits per heavy atom. The first-order valence-electron chi connectivity index (χ1n) is 4.76. The van der Waals surface area contributed by atoms with E-state index in [4.69, 9.17) is 5.11 Å². The Morgan fingerprint density at radius 1 is 1.47 bits per heavy atom. The van der Waals surface area contributed by atoms with Crippen molar-refractivity contribution in [1.29, 1.82) is 0 Å². The number of hydrogen-bond acceptors (Lipinski definition) is 3. The van der Waals surface area contributed by atoms with Gasteiger partial charge in [0.05, 0.1) is 6.54 Å². The summed E-state index contributed by atoms with van der Waals surface area (Å²) in [5, 5.41) is 20.2. The highest BCUT2D eigenvalue weighted by molar-refractivity contribution is 5.79. The SMILES string of the molecule is CCCN(C)C(=O)NCC(C)(O)C(=O)O. The number of aliphatic carboxylic acids is 1. The largest absolute Gasteiger partial charge is 0.479 e. The molecule has 3 N–H and O–H groups in total. The maximum atomic E-state index is 11.3. The molecule has 0 rings (SSSR count). The molecule has 2 amide bonds. The number of rotatable bonds is 5. The fourth-order valence-corrected chi connectivity index (χ4v) is 0.895. The van der Waals surface area contributed by atoms with Gasteiger partial charge in [0.25, 0.3) is 0 Å². The highest BCUT2D eigenvalue weighted by Crippen LogP contribution is 2.01. The van der Waals surface area contributed by atoms with Crippen LogP contribution in [0.5, 0.6) is 0 Å². The van der Waals surface area contributed by atoms with Crippen LogP contribution < -0.4 is 5.32 Å². The standard InChI is InChI=1S/C9H18N2O4/c1-4-5-11(3)8(14)10-6-9(2,15)7(12)13/h15H,4-6H2,1-3H3,(H,10,14)(H,12,13). The zero-order chi connectivity index (χ0) is 12.1. The van der Waals surface area contributed by atoms with Gasteiger partial charge in [-0.15, -0.1) is 0 Å². The maximum absolute atomic E-state index is 11.3. The number of aliphatic hydroxyl groups is 1. The number of nitrogens with zero attached hydrogens (tertiary/aromatic N) is 1. The zero-order valence-corrected chi connectivity index (χ0v) is 9.28. The molecule has 1 atom stereocenters. The second-order valence-electron chi connectivity index (χ2n) is 3.66. The van der Waals surface area contributed by atoms with Gasteiger partial charge in [0.15, 0.2) is 5.60 Å². The van der Waals surface area contributed by atoms with Crippen molar-refractivity contribution in [2.24, 2.45) is 0 Å². The molecule has 0 radical (unpaired) electrons. The average molecular weight is 218 g/mol. The maximum Gasteiger partial charge on any atom is 0.337 e. The van der Waals surface area contributed by atoms with Crippen LogP contribution in [0, 0.1) is 0 Å². The predicted octanol–water partition coefficient (Wildman–Crippen LogP) is -0.127. The van der Waals surface area contributed by atoms with Crippen molar-refractivity contribution >= 4 is 12.0 Å². The van der Waals surface area contributed by atoms with Gasteiger partial charge in [-0.25, -0.2) is 9.59 Å². The van der Waals surface area contributed by atoms with E-state index in [1.807, 2.05) is 6.92 Å². The van der Waals surface area contributed by atoms with Crippen molar-refractivity contribution in [3.63, 3.8) is 0 Å². The first-order valence-corrected chi connectivity index (χ1v) is 4.76. The molecule has 88 valence electrons. The molecule has 1 unspecified atom stereocenters. The molecule has 0 spiro atoms. The van der Waals surface area contributed by atoms with Gasteiger partial charge in [-0.3, -0.25) is 0 Å². The van der Waals surface area contributed by atoms with Crippen LogP contribution in [-0.4, -0.2) is 52.9 Å². The quantitative estimate of drug-likeness (QED) is 0.599. The van der Waals surface area contributed by atoms with Crippen LogP contribution >= 0.6 is 0 Å². The lowest BCUT2D eigenvalue weighted by atomic mass is 10.1. The predicted molar refractivity (Wildman–Crippen MR) is 54.6 cm³/mol. The summed E-state index contributed by atoms with van der Waals surface area (Å²) < 4.78 is 0. The molecular weight excluding hydrogens is 200 g/mol. The number of carboxylic acid groups (broad SMARTS) is 1. The minimum absolute atomic E-state index is 0.310. The lowest BCUT2D eigenvalue weighted by molar-refractivity contribution is -0.155. The Kier molecular flexibility index (Phi) is 5.07. The molecule has 0 fully saturated rings. The molecule has 0 aromatic carbocycles. The van der Waals surface area contributed by atoms with E-state index < -0.39 is 17.6 Å². The molecule has 15 heavy (non-hydrogen) atoms. The molecule has 6 heteroatoms. The van der Waals surface area contributed by atoms with E-state index in [2.05, 4.69) is 5.32 Å². The lowest BCUT2D eigenvalue weighted by Crippen LogP contribution is -2.49. The fraction of sp³-hybridized carbons (Fsp3) is 0.778. The fourth-order valence-electron chi connectivity index (χ4n) is 0.895. The number of urea groups is 1. The highest BCUT2D eigenvalue weighted by Gasteiger charge is 2.30. The Balaban J connectivity index is 4.05. The Hall–Kier alpha value is -1.30. The van der Waals surface area contributed by atoms with Crippen LogP contribution in [0.3, 0.4) is 0 Å². The lowest BCUT2D eigenvalue weighted by Gasteiger charge is -2.22. The van der Waals surface area contributed by atoms with Crippen LogP contribution in [0.25, 0.3) is 0 Å². The Morgan fingerprint density at radius 2 is 2.00 bits per heavy atom. The van der Waals surface area contributed by atoms with Gasteiger partial charge in [0, 0.05) is 13.6 Å². The first-order chi connectivity index (χ1) is 6.81. The molecule has 0 saturated carbocycles. The summed E-state index contributed by atoms with van der Waals surface area (Å²) in [7, 11) is 1.61. The summed E-state index contributed by atoms with van der Waals surface area (Å²) in [5.41, 5.74) is -1.93. The Bertz CT molecular complexity index is 240. The van der Waals surface area contributed by atoms with Gasteiger partial charge < -0.3 is 20.4 Å². The summed E-state index contributed by atoms with van der Waals surface area (Å²) >= 11 is 0.